The van der Waals surface area contributed by atoms with E-state index in [0.29, 0.717) is 12.8 Å². The van der Waals surface area contributed by atoms with E-state index in [-0.39, 0.29) is 43.0 Å². The molecule has 0 bridgehead atoms. The number of nitrogens with zero attached hydrogens (tertiary/aromatic N) is 1. The molecule has 2 rings (SSSR count). The van der Waals surface area contributed by atoms with Gasteiger partial charge in [-0.25, -0.2) is 0 Å². The maximum Gasteiger partial charge on any atom is 0.233 e. The summed E-state index contributed by atoms with van der Waals surface area (Å²) in [4.78, 5) is 35.7. The lowest BCUT2D eigenvalue weighted by atomic mass is 9.82. The molecule has 0 N–H and O–H groups in total. The van der Waals surface area contributed by atoms with Crippen LogP contribution < -0.4 is 5.11 Å². The van der Waals surface area contributed by atoms with Gasteiger partial charge in [0.15, 0.2) is 0 Å². The van der Waals surface area contributed by atoms with Gasteiger partial charge >= 0.3 is 0 Å². The molecular weight excluding hydrogens is 234 g/mol. The van der Waals surface area contributed by atoms with Crippen LogP contribution in [-0.4, -0.2) is 29.2 Å². The minimum absolute atomic E-state index is 0.121. The average molecular weight is 250 g/mol. The van der Waals surface area contributed by atoms with Gasteiger partial charge in [0.1, 0.15) is 0 Å². The Hall–Kier alpha value is -1.65. The second-order valence-electron chi connectivity index (χ2n) is 5.01. The lowest BCUT2D eigenvalue weighted by Gasteiger charge is -2.19. The van der Waals surface area contributed by atoms with Crippen LogP contribution in [0.3, 0.4) is 0 Å². The molecule has 1 aliphatic carbocycles. The van der Waals surface area contributed by atoms with Crippen LogP contribution in [0.1, 0.15) is 32.6 Å². The summed E-state index contributed by atoms with van der Waals surface area (Å²) in [5.41, 5.74) is 1.15. The fourth-order valence-corrected chi connectivity index (χ4v) is 2.71. The first-order valence-corrected chi connectivity index (χ1v) is 6.21. The van der Waals surface area contributed by atoms with Crippen LogP contribution in [0.5, 0.6) is 0 Å². The molecule has 5 nitrogen and oxygen atoms in total. The number of likely N-dealkylation sites (tertiary alicyclic amines) is 1. The molecule has 98 valence electrons. The Bertz CT molecular complexity index is 427. The van der Waals surface area contributed by atoms with Crippen molar-refractivity contribution in [1.29, 1.82) is 0 Å². The third-order valence-corrected chi connectivity index (χ3v) is 3.68. The minimum Gasteiger partial charge on any atom is -0.550 e. The van der Waals surface area contributed by atoms with Crippen molar-refractivity contribution in [2.75, 3.05) is 6.54 Å². The van der Waals surface area contributed by atoms with Crippen LogP contribution in [0, 0.1) is 11.8 Å². The van der Waals surface area contributed by atoms with Gasteiger partial charge in [-0.15, -0.1) is 0 Å². The first-order chi connectivity index (χ1) is 8.50. The maximum absolute atomic E-state index is 12.1. The minimum atomic E-state index is -1.15. The zero-order valence-electron chi connectivity index (χ0n) is 10.3. The van der Waals surface area contributed by atoms with Crippen LogP contribution in [0.4, 0.5) is 0 Å². The van der Waals surface area contributed by atoms with Crippen molar-refractivity contribution < 1.29 is 19.5 Å². The molecule has 2 aliphatic rings. The van der Waals surface area contributed by atoms with Crippen LogP contribution in [-0.2, 0) is 14.4 Å². The number of hydrogen-bond acceptors (Lipinski definition) is 4. The number of hydrogen-bond donors (Lipinski definition) is 0. The summed E-state index contributed by atoms with van der Waals surface area (Å²) >= 11 is 0. The molecule has 1 fully saturated rings. The number of carboxylic acid groups (broad SMARTS) is 1. The zero-order chi connectivity index (χ0) is 13.3. The summed E-state index contributed by atoms with van der Waals surface area (Å²) in [6.07, 6.45) is 3.43. The van der Waals surface area contributed by atoms with E-state index in [9.17, 15) is 19.5 Å². The van der Waals surface area contributed by atoms with E-state index < -0.39 is 5.97 Å². The lowest BCUT2D eigenvalue weighted by molar-refractivity contribution is -0.305. The van der Waals surface area contributed by atoms with Gasteiger partial charge in [-0.1, -0.05) is 11.6 Å². The Morgan fingerprint density at radius 2 is 2.06 bits per heavy atom. The highest BCUT2D eigenvalue weighted by Gasteiger charge is 2.47. The molecule has 1 aliphatic heterocycles. The number of rotatable bonds is 4. The first kappa shape index (κ1) is 12.8. The molecule has 0 aromatic rings. The summed E-state index contributed by atoms with van der Waals surface area (Å²) in [5, 5.41) is 10.3. The van der Waals surface area contributed by atoms with Crippen molar-refractivity contribution in [2.45, 2.75) is 32.6 Å². The molecule has 1 saturated heterocycles. The second-order valence-corrected chi connectivity index (χ2v) is 5.01. The zero-order valence-corrected chi connectivity index (χ0v) is 10.3. The van der Waals surface area contributed by atoms with Crippen molar-refractivity contribution >= 4 is 17.8 Å². The van der Waals surface area contributed by atoms with E-state index in [1.165, 1.54) is 4.90 Å². The van der Waals surface area contributed by atoms with E-state index in [1.807, 2.05) is 13.0 Å². The van der Waals surface area contributed by atoms with E-state index in [4.69, 9.17) is 0 Å². The smallest absolute Gasteiger partial charge is 0.233 e. The van der Waals surface area contributed by atoms with Crippen molar-refractivity contribution in [1.82, 2.24) is 4.90 Å². The van der Waals surface area contributed by atoms with E-state index in [2.05, 4.69) is 0 Å². The monoisotopic (exact) mass is 250 g/mol. The summed E-state index contributed by atoms with van der Waals surface area (Å²) < 4.78 is 0. The first-order valence-electron chi connectivity index (χ1n) is 6.21. The van der Waals surface area contributed by atoms with Crippen molar-refractivity contribution in [2.24, 2.45) is 11.8 Å². The molecule has 0 aromatic heterocycles. The molecule has 0 unspecified atom stereocenters. The molecule has 5 heteroatoms. The largest absolute Gasteiger partial charge is 0.550 e. The standard InChI is InChI=1S/C13H17NO4/c1-8-4-5-9-10(7-8)13(18)14(12(9)17)6-2-3-11(15)16/h4,9-10H,2-3,5-7H2,1H3,(H,15,16)/p-1/t9-,10+/m0/s1. The molecule has 2 amide bonds. The lowest BCUT2D eigenvalue weighted by Crippen LogP contribution is -2.33. The molecule has 0 saturated carbocycles. The predicted molar refractivity (Wildman–Crippen MR) is 60.9 cm³/mol. The van der Waals surface area contributed by atoms with E-state index >= 15 is 0 Å². The van der Waals surface area contributed by atoms with Crippen LogP contribution in [0.2, 0.25) is 0 Å². The summed E-state index contributed by atoms with van der Waals surface area (Å²) in [7, 11) is 0. The third-order valence-electron chi connectivity index (χ3n) is 3.68. The normalized spacial score (nSPS) is 27.2. The summed E-state index contributed by atoms with van der Waals surface area (Å²) in [6.45, 7) is 2.16. The predicted octanol–water partition coefficient (Wildman–Crippen LogP) is -0.142. The van der Waals surface area contributed by atoms with Crippen molar-refractivity contribution in [3.63, 3.8) is 0 Å². The van der Waals surface area contributed by atoms with Gasteiger partial charge in [0.25, 0.3) is 0 Å². The van der Waals surface area contributed by atoms with Crippen LogP contribution in [0.15, 0.2) is 11.6 Å². The summed E-state index contributed by atoms with van der Waals surface area (Å²) in [6, 6.07) is 0. The van der Waals surface area contributed by atoms with Gasteiger partial charge < -0.3 is 9.90 Å². The number of aliphatic carboxylic acids is 1. The van der Waals surface area contributed by atoms with Gasteiger partial charge in [0.2, 0.25) is 11.8 Å². The number of carbonyl (C=O) groups is 3. The van der Waals surface area contributed by atoms with Crippen LogP contribution >= 0.6 is 0 Å². The molecule has 0 aromatic carbocycles. The molecule has 2 atom stereocenters. The Balaban J connectivity index is 2.00. The van der Waals surface area contributed by atoms with Crippen molar-refractivity contribution in [3.05, 3.63) is 11.6 Å². The Morgan fingerprint density at radius 3 is 2.72 bits per heavy atom. The highest BCUT2D eigenvalue weighted by atomic mass is 16.4. The number of carboxylic acids is 1. The maximum atomic E-state index is 12.1. The molecule has 0 spiro atoms. The third kappa shape index (κ3) is 2.30. The van der Waals surface area contributed by atoms with Crippen molar-refractivity contribution in [3.8, 4) is 0 Å². The molecule has 18 heavy (non-hydrogen) atoms. The number of imide groups is 1. The number of fused-ring (bicyclic) bond motifs is 1. The quantitative estimate of drug-likeness (QED) is 0.514. The molecular formula is C13H16NO4-. The van der Waals surface area contributed by atoms with Gasteiger partial charge in [0, 0.05) is 12.5 Å². The van der Waals surface area contributed by atoms with Gasteiger partial charge in [-0.3, -0.25) is 14.5 Å². The number of amides is 2. The average Bonchev–Trinajstić information content (AvgIpc) is 2.53. The number of carbonyl (C=O) groups excluding carboxylic acids is 3. The van der Waals surface area contributed by atoms with E-state index in [1.54, 1.807) is 0 Å². The van der Waals surface area contributed by atoms with Gasteiger partial charge in [-0.05, 0) is 32.6 Å². The summed E-state index contributed by atoms with van der Waals surface area (Å²) in [5.74, 6) is -1.90. The molecule has 0 radical (unpaired) electrons. The Morgan fingerprint density at radius 1 is 1.39 bits per heavy atom. The highest BCUT2D eigenvalue weighted by molar-refractivity contribution is 6.05. The van der Waals surface area contributed by atoms with E-state index in [0.717, 1.165) is 5.57 Å². The highest BCUT2D eigenvalue weighted by Crippen LogP contribution is 2.37. The molecule has 1 heterocycles. The van der Waals surface area contributed by atoms with Crippen LogP contribution in [0.25, 0.3) is 0 Å². The second kappa shape index (κ2) is 4.92. The fourth-order valence-electron chi connectivity index (χ4n) is 2.71. The van der Waals surface area contributed by atoms with Gasteiger partial charge in [0.05, 0.1) is 11.8 Å². The fraction of sp³-hybridized carbons (Fsp3) is 0.615. The SMILES string of the molecule is CC1=CC[C@@H]2C(=O)N(CCCC(=O)[O-])C(=O)[C@@H]2C1. The number of allylic oxidation sites excluding steroid dienone is 2. The van der Waals surface area contributed by atoms with Gasteiger partial charge in [-0.2, -0.15) is 0 Å². The Kier molecular flexibility index (Phi) is 3.50. The Labute approximate surface area is 105 Å². The topological polar surface area (TPSA) is 77.5 Å².